The number of pyridine rings is 1. The highest BCUT2D eigenvalue weighted by Crippen LogP contribution is 2.32. The second-order valence-electron chi connectivity index (χ2n) is 10.7. The summed E-state index contributed by atoms with van der Waals surface area (Å²) in [7, 11) is 3.82. The fraction of sp³-hybridized carbons (Fsp3) is 0.367. The number of anilines is 4. The molecular formula is C30H36FN9O2. The Hall–Kier alpha value is -4.58. The highest BCUT2D eigenvalue weighted by Gasteiger charge is 2.22. The van der Waals surface area contributed by atoms with Crippen LogP contribution in [0.2, 0.25) is 0 Å². The minimum atomic E-state index is -0.288. The molecule has 4 heterocycles. The lowest BCUT2D eigenvalue weighted by Crippen LogP contribution is -2.51. The Balaban J connectivity index is 1.06. The van der Waals surface area contributed by atoms with E-state index in [0.717, 1.165) is 60.2 Å². The van der Waals surface area contributed by atoms with Crippen molar-refractivity contribution in [3.63, 3.8) is 0 Å². The number of piperazine rings is 2. The van der Waals surface area contributed by atoms with Gasteiger partial charge in [0.1, 0.15) is 11.6 Å². The second-order valence-corrected chi connectivity index (χ2v) is 10.7. The van der Waals surface area contributed by atoms with Crippen LogP contribution in [0, 0.1) is 5.82 Å². The molecule has 0 atom stereocenters. The average molecular weight is 574 g/mol. The van der Waals surface area contributed by atoms with Crippen molar-refractivity contribution in [2.24, 2.45) is 0 Å². The van der Waals surface area contributed by atoms with Gasteiger partial charge < -0.3 is 35.0 Å². The maximum atomic E-state index is 13.1. The van der Waals surface area contributed by atoms with Crippen molar-refractivity contribution in [3.8, 4) is 5.75 Å². The van der Waals surface area contributed by atoms with E-state index in [9.17, 15) is 9.18 Å². The van der Waals surface area contributed by atoms with Crippen LogP contribution in [0.4, 0.5) is 32.2 Å². The number of carbonyl (C=O) groups excluding carboxylic acids is 1. The van der Waals surface area contributed by atoms with Crippen LogP contribution < -0.4 is 25.2 Å². The number of nitrogens with one attached hydrogen (secondary N) is 2. The molecule has 2 aromatic carbocycles. The van der Waals surface area contributed by atoms with Crippen molar-refractivity contribution in [2.75, 3.05) is 81.6 Å². The Morgan fingerprint density at radius 2 is 1.60 bits per heavy atom. The number of urea groups is 1. The van der Waals surface area contributed by atoms with Gasteiger partial charge in [0.2, 0.25) is 5.95 Å². The van der Waals surface area contributed by atoms with Crippen molar-refractivity contribution in [3.05, 3.63) is 72.2 Å². The van der Waals surface area contributed by atoms with Gasteiger partial charge in [-0.05, 0) is 49.0 Å². The maximum Gasteiger partial charge on any atom is 0.317 e. The van der Waals surface area contributed by atoms with Gasteiger partial charge in [0.05, 0.1) is 24.7 Å². The third-order valence-corrected chi connectivity index (χ3v) is 7.90. The van der Waals surface area contributed by atoms with Gasteiger partial charge in [-0.15, -0.1) is 5.10 Å². The normalized spacial score (nSPS) is 16.1. The van der Waals surface area contributed by atoms with Crippen LogP contribution in [0.5, 0.6) is 5.75 Å². The molecule has 2 aliphatic heterocycles. The number of nitrogens with zero attached hydrogens (tertiary/aromatic N) is 7. The molecule has 42 heavy (non-hydrogen) atoms. The highest BCUT2D eigenvalue weighted by molar-refractivity contribution is 5.74. The van der Waals surface area contributed by atoms with Crippen molar-refractivity contribution in [2.45, 2.75) is 6.54 Å². The number of ether oxygens (including phenoxy) is 1. The van der Waals surface area contributed by atoms with E-state index in [0.29, 0.717) is 38.7 Å². The summed E-state index contributed by atoms with van der Waals surface area (Å²) in [6.07, 6.45) is 1.96. The average Bonchev–Trinajstić information content (AvgIpc) is 3.43. The Morgan fingerprint density at radius 3 is 2.33 bits per heavy atom. The number of benzene rings is 2. The lowest BCUT2D eigenvalue weighted by molar-refractivity contribution is 0.194. The van der Waals surface area contributed by atoms with E-state index in [-0.39, 0.29) is 11.8 Å². The van der Waals surface area contributed by atoms with Crippen LogP contribution in [0.3, 0.4) is 0 Å². The zero-order valence-electron chi connectivity index (χ0n) is 24.0. The van der Waals surface area contributed by atoms with E-state index in [1.54, 1.807) is 28.7 Å². The predicted molar refractivity (Wildman–Crippen MR) is 161 cm³/mol. The Bertz CT molecular complexity index is 1530. The molecule has 0 unspecified atom stereocenters. The number of hydrogen-bond acceptors (Lipinski definition) is 8. The van der Waals surface area contributed by atoms with Crippen molar-refractivity contribution >= 4 is 34.7 Å². The molecule has 2 aliphatic rings. The molecule has 0 bridgehead atoms. The molecule has 2 fully saturated rings. The van der Waals surface area contributed by atoms with E-state index in [4.69, 9.17) is 4.74 Å². The topological polar surface area (TPSA) is 93.5 Å². The molecule has 2 aromatic heterocycles. The molecule has 4 aromatic rings. The van der Waals surface area contributed by atoms with E-state index < -0.39 is 0 Å². The van der Waals surface area contributed by atoms with Crippen LogP contribution in [0.15, 0.2) is 60.8 Å². The lowest BCUT2D eigenvalue weighted by atomic mass is 10.2. The number of halogens is 1. The van der Waals surface area contributed by atoms with E-state index in [1.807, 2.05) is 24.4 Å². The molecular weight excluding hydrogens is 537 g/mol. The SMILES string of the molecule is COc1cc(N2CCN(C)CC2)ccc1Nc1nc2ccc(N3CCN(C(=O)NCc4ccc(F)cc4)CC3)cn2n1. The molecule has 0 radical (unpaired) electrons. The summed E-state index contributed by atoms with van der Waals surface area (Å²) in [6, 6.07) is 16.2. The summed E-state index contributed by atoms with van der Waals surface area (Å²) < 4.78 is 20.6. The molecule has 0 spiro atoms. The number of aromatic nitrogens is 3. The Kier molecular flexibility index (Phi) is 7.95. The summed E-state index contributed by atoms with van der Waals surface area (Å²) in [4.78, 5) is 26.0. The molecule has 6 rings (SSSR count). The van der Waals surface area contributed by atoms with Gasteiger partial charge in [-0.2, -0.15) is 4.98 Å². The molecule has 11 nitrogen and oxygen atoms in total. The first-order chi connectivity index (χ1) is 20.4. The molecule has 2 saturated heterocycles. The van der Waals surface area contributed by atoms with Gasteiger partial charge >= 0.3 is 6.03 Å². The van der Waals surface area contributed by atoms with Gasteiger partial charge in [0.25, 0.3) is 0 Å². The van der Waals surface area contributed by atoms with Crippen LogP contribution in [0.25, 0.3) is 5.65 Å². The largest absolute Gasteiger partial charge is 0.494 e. The standard InChI is InChI=1S/C30H36FN9O2/c1-36-11-13-37(14-12-36)24-7-9-26(27(19-24)42-2)33-29-34-28-10-8-25(21-40(28)35-29)38-15-17-39(18-16-38)30(41)32-20-22-3-5-23(31)6-4-22/h3-10,19,21H,11-18,20H2,1-2H3,(H,32,41)(H,33,35). The Morgan fingerprint density at radius 1 is 0.905 bits per heavy atom. The van der Waals surface area contributed by atoms with Gasteiger partial charge in [-0.25, -0.2) is 13.7 Å². The zero-order chi connectivity index (χ0) is 29.1. The third-order valence-electron chi connectivity index (χ3n) is 7.90. The molecule has 220 valence electrons. The van der Waals surface area contributed by atoms with Crippen LogP contribution in [0.1, 0.15) is 5.56 Å². The first-order valence-electron chi connectivity index (χ1n) is 14.2. The smallest absolute Gasteiger partial charge is 0.317 e. The molecule has 0 aliphatic carbocycles. The van der Waals surface area contributed by atoms with Crippen molar-refractivity contribution in [1.82, 2.24) is 29.7 Å². The first kappa shape index (κ1) is 27.6. The number of methoxy groups -OCH3 is 1. The van der Waals surface area contributed by atoms with Gasteiger partial charge in [0, 0.05) is 70.7 Å². The lowest BCUT2D eigenvalue weighted by Gasteiger charge is -2.36. The van der Waals surface area contributed by atoms with Gasteiger partial charge in [-0.3, -0.25) is 0 Å². The fourth-order valence-corrected chi connectivity index (χ4v) is 5.34. The monoisotopic (exact) mass is 573 g/mol. The van der Waals surface area contributed by atoms with Crippen LogP contribution >= 0.6 is 0 Å². The van der Waals surface area contributed by atoms with Crippen molar-refractivity contribution < 1.29 is 13.9 Å². The highest BCUT2D eigenvalue weighted by atomic mass is 19.1. The zero-order valence-corrected chi connectivity index (χ0v) is 24.0. The van der Waals surface area contributed by atoms with E-state index in [1.165, 1.54) is 12.1 Å². The number of amides is 2. The molecule has 12 heteroatoms. The summed E-state index contributed by atoms with van der Waals surface area (Å²) in [6.45, 7) is 7.02. The van der Waals surface area contributed by atoms with Crippen LogP contribution in [-0.2, 0) is 6.54 Å². The molecule has 2 amide bonds. The summed E-state index contributed by atoms with van der Waals surface area (Å²) in [5, 5.41) is 10.9. The minimum Gasteiger partial charge on any atom is -0.494 e. The van der Waals surface area contributed by atoms with Gasteiger partial charge in [-0.1, -0.05) is 12.1 Å². The molecule has 0 saturated carbocycles. The quantitative estimate of drug-likeness (QED) is 0.348. The third kappa shape index (κ3) is 6.18. The number of fused-ring (bicyclic) bond motifs is 1. The predicted octanol–water partition coefficient (Wildman–Crippen LogP) is 3.40. The number of carbonyl (C=O) groups is 1. The summed E-state index contributed by atoms with van der Waals surface area (Å²) >= 11 is 0. The van der Waals surface area contributed by atoms with Gasteiger partial charge in [0.15, 0.2) is 5.65 Å². The first-order valence-corrected chi connectivity index (χ1v) is 14.2. The second kappa shape index (κ2) is 12.1. The Labute approximate surface area is 244 Å². The minimum absolute atomic E-state index is 0.117. The number of rotatable bonds is 7. The number of hydrogen-bond donors (Lipinski definition) is 2. The van der Waals surface area contributed by atoms with E-state index >= 15 is 0 Å². The summed E-state index contributed by atoms with van der Waals surface area (Å²) in [5.41, 5.74) is 4.55. The molecule has 2 N–H and O–H groups in total. The maximum absolute atomic E-state index is 13.1. The van der Waals surface area contributed by atoms with Crippen LogP contribution in [-0.4, -0.2) is 96.9 Å². The number of likely N-dealkylation sites (N-methyl/N-ethyl adjacent to an activating group) is 1. The van der Waals surface area contributed by atoms with E-state index in [2.05, 4.69) is 54.6 Å². The summed E-state index contributed by atoms with van der Waals surface area (Å²) in [5.74, 6) is 0.940. The van der Waals surface area contributed by atoms with Crippen molar-refractivity contribution in [1.29, 1.82) is 0 Å². The fourth-order valence-electron chi connectivity index (χ4n) is 5.34.